The molecule has 1 aromatic heterocycles. The molecule has 0 aromatic carbocycles. The number of carbonyl (C=O) groups is 1. The fraction of sp³-hybridized carbons (Fsp3) is 0.786. The van der Waals surface area contributed by atoms with Crippen molar-refractivity contribution in [3.63, 3.8) is 0 Å². The number of hydrogen-bond donors (Lipinski definition) is 1. The van der Waals surface area contributed by atoms with Gasteiger partial charge in [0.1, 0.15) is 11.6 Å². The normalized spacial score (nSPS) is 13.6. The first-order valence-corrected chi connectivity index (χ1v) is 7.96. The summed E-state index contributed by atoms with van der Waals surface area (Å²) in [5, 5.41) is 11.7. The summed E-state index contributed by atoms with van der Waals surface area (Å²) in [4.78, 5) is 11.9. The van der Waals surface area contributed by atoms with Gasteiger partial charge in [0.05, 0.1) is 0 Å². The number of ether oxygens (including phenoxy) is 1. The molecule has 0 aliphatic rings. The van der Waals surface area contributed by atoms with Gasteiger partial charge < -0.3 is 14.5 Å². The van der Waals surface area contributed by atoms with E-state index in [1.807, 2.05) is 48.5 Å². The summed E-state index contributed by atoms with van der Waals surface area (Å²) in [7, 11) is 0. The van der Waals surface area contributed by atoms with E-state index in [9.17, 15) is 4.79 Å². The number of amides is 1. The molecule has 21 heavy (non-hydrogen) atoms. The van der Waals surface area contributed by atoms with Crippen molar-refractivity contribution in [2.45, 2.75) is 70.6 Å². The minimum absolute atomic E-state index is 0.106. The van der Waals surface area contributed by atoms with Gasteiger partial charge in [0, 0.05) is 5.25 Å². The summed E-state index contributed by atoms with van der Waals surface area (Å²) in [6.45, 7) is 13.5. The van der Waals surface area contributed by atoms with Crippen LogP contribution in [0, 0.1) is 5.92 Å². The van der Waals surface area contributed by atoms with Crippen LogP contribution in [0.4, 0.5) is 4.79 Å². The molecule has 1 heterocycles. The summed E-state index contributed by atoms with van der Waals surface area (Å²) in [5.74, 6) is 0.508. The highest BCUT2D eigenvalue weighted by Crippen LogP contribution is 2.26. The van der Waals surface area contributed by atoms with E-state index in [0.29, 0.717) is 16.4 Å². The number of rotatable bonds is 5. The predicted octanol–water partition coefficient (Wildman–Crippen LogP) is 3.79. The van der Waals surface area contributed by atoms with E-state index in [-0.39, 0.29) is 12.0 Å². The zero-order chi connectivity index (χ0) is 16.2. The van der Waals surface area contributed by atoms with Crippen LogP contribution in [0.2, 0.25) is 0 Å². The lowest BCUT2D eigenvalue weighted by molar-refractivity contribution is 0.0477. The maximum atomic E-state index is 11.9. The number of aromatic nitrogens is 2. The fourth-order valence-corrected chi connectivity index (χ4v) is 2.17. The summed E-state index contributed by atoms with van der Waals surface area (Å²) in [5.41, 5.74) is -0.543. The van der Waals surface area contributed by atoms with Gasteiger partial charge in [-0.1, -0.05) is 39.5 Å². The molecule has 1 N–H and O–H groups in total. The van der Waals surface area contributed by atoms with Gasteiger partial charge in [-0.05, 0) is 26.7 Å². The Bertz CT molecular complexity index is 466. The standard InChI is InChI=1S/C14H25N3O3S/c1-8(2)10(15-12(18)20-14(5,6)7)11-16-17-13(19-11)21-9(3)4/h8-10H,1-7H3,(H,15,18). The second-order valence-corrected chi connectivity index (χ2v) is 7.97. The van der Waals surface area contributed by atoms with Gasteiger partial charge in [0.15, 0.2) is 0 Å². The van der Waals surface area contributed by atoms with Crippen molar-refractivity contribution in [3.8, 4) is 0 Å². The molecule has 0 fully saturated rings. The highest BCUT2D eigenvalue weighted by molar-refractivity contribution is 7.99. The molecule has 1 rings (SSSR count). The van der Waals surface area contributed by atoms with Crippen LogP contribution >= 0.6 is 11.8 Å². The number of alkyl carbamates (subject to hydrolysis) is 1. The summed E-state index contributed by atoms with van der Waals surface area (Å²) in [6, 6.07) is -0.367. The number of nitrogens with zero attached hydrogens (tertiary/aromatic N) is 2. The van der Waals surface area contributed by atoms with Crippen LogP contribution in [-0.4, -0.2) is 27.1 Å². The SMILES string of the molecule is CC(C)Sc1nnc(C(NC(=O)OC(C)(C)C)C(C)C)o1. The van der Waals surface area contributed by atoms with Gasteiger partial charge in [-0.25, -0.2) is 4.79 Å². The molecule has 0 saturated heterocycles. The molecule has 0 radical (unpaired) electrons. The van der Waals surface area contributed by atoms with Gasteiger partial charge in [-0.2, -0.15) is 0 Å². The average molecular weight is 315 g/mol. The van der Waals surface area contributed by atoms with Gasteiger partial charge in [-0.3, -0.25) is 0 Å². The van der Waals surface area contributed by atoms with Crippen LogP contribution in [0.1, 0.15) is 60.4 Å². The first-order valence-electron chi connectivity index (χ1n) is 7.08. The largest absolute Gasteiger partial charge is 0.444 e. The Hall–Kier alpha value is -1.24. The fourth-order valence-electron chi connectivity index (χ4n) is 1.54. The minimum atomic E-state index is -0.543. The third-order valence-electron chi connectivity index (χ3n) is 2.36. The molecule has 0 aliphatic carbocycles. The second-order valence-electron chi connectivity index (χ2n) is 6.44. The Kier molecular flexibility index (Phi) is 6.07. The number of carbonyl (C=O) groups excluding carboxylic acids is 1. The third-order valence-corrected chi connectivity index (χ3v) is 3.20. The van der Waals surface area contributed by atoms with Crippen LogP contribution in [-0.2, 0) is 4.74 Å². The van der Waals surface area contributed by atoms with Crippen LogP contribution in [0.3, 0.4) is 0 Å². The van der Waals surface area contributed by atoms with E-state index < -0.39 is 11.7 Å². The molecular weight excluding hydrogens is 290 g/mol. The lowest BCUT2D eigenvalue weighted by atomic mass is 10.1. The van der Waals surface area contributed by atoms with Crippen molar-refractivity contribution < 1.29 is 13.9 Å². The summed E-state index contributed by atoms with van der Waals surface area (Å²) >= 11 is 1.49. The van der Waals surface area contributed by atoms with Crippen molar-refractivity contribution in [1.82, 2.24) is 15.5 Å². The van der Waals surface area contributed by atoms with E-state index in [2.05, 4.69) is 15.5 Å². The molecule has 0 aliphatic heterocycles. The molecule has 0 saturated carbocycles. The average Bonchev–Trinajstić information content (AvgIpc) is 2.70. The Balaban J connectivity index is 2.78. The predicted molar refractivity (Wildman–Crippen MR) is 82.2 cm³/mol. The maximum Gasteiger partial charge on any atom is 0.408 e. The topological polar surface area (TPSA) is 77.2 Å². The smallest absolute Gasteiger partial charge is 0.408 e. The van der Waals surface area contributed by atoms with Gasteiger partial charge >= 0.3 is 6.09 Å². The van der Waals surface area contributed by atoms with Crippen molar-refractivity contribution >= 4 is 17.9 Å². The highest BCUT2D eigenvalue weighted by atomic mass is 32.2. The van der Waals surface area contributed by atoms with E-state index in [1.54, 1.807) is 0 Å². The molecule has 1 amide bonds. The molecule has 6 nitrogen and oxygen atoms in total. The molecule has 1 aromatic rings. The quantitative estimate of drug-likeness (QED) is 0.833. The van der Waals surface area contributed by atoms with E-state index >= 15 is 0 Å². The summed E-state index contributed by atoms with van der Waals surface area (Å²) in [6.07, 6.45) is -0.488. The monoisotopic (exact) mass is 315 g/mol. The Morgan fingerprint density at radius 2 is 1.86 bits per heavy atom. The van der Waals surface area contributed by atoms with Crippen LogP contribution in [0.5, 0.6) is 0 Å². The van der Waals surface area contributed by atoms with Crippen LogP contribution in [0.15, 0.2) is 9.64 Å². The number of nitrogens with one attached hydrogen (secondary N) is 1. The first kappa shape index (κ1) is 17.8. The van der Waals surface area contributed by atoms with Crippen molar-refractivity contribution in [2.75, 3.05) is 0 Å². The molecular formula is C14H25N3O3S. The zero-order valence-corrected chi connectivity index (χ0v) is 14.6. The Labute approximate surface area is 130 Å². The van der Waals surface area contributed by atoms with Crippen molar-refractivity contribution in [3.05, 3.63) is 5.89 Å². The second kappa shape index (κ2) is 7.15. The highest BCUT2D eigenvalue weighted by Gasteiger charge is 2.27. The zero-order valence-electron chi connectivity index (χ0n) is 13.8. The maximum absolute atomic E-state index is 11.9. The summed E-state index contributed by atoms with van der Waals surface area (Å²) < 4.78 is 10.9. The van der Waals surface area contributed by atoms with Gasteiger partial charge in [0.25, 0.3) is 5.22 Å². The lowest BCUT2D eigenvalue weighted by Gasteiger charge is -2.23. The molecule has 120 valence electrons. The lowest BCUT2D eigenvalue weighted by Crippen LogP contribution is -2.37. The van der Waals surface area contributed by atoms with E-state index in [1.165, 1.54) is 11.8 Å². The molecule has 0 bridgehead atoms. The van der Waals surface area contributed by atoms with Gasteiger partial charge in [0.2, 0.25) is 5.89 Å². The molecule has 1 atom stereocenters. The van der Waals surface area contributed by atoms with Crippen LogP contribution < -0.4 is 5.32 Å². The van der Waals surface area contributed by atoms with E-state index in [0.717, 1.165) is 0 Å². The Morgan fingerprint density at radius 3 is 2.33 bits per heavy atom. The Morgan fingerprint density at radius 1 is 1.24 bits per heavy atom. The minimum Gasteiger partial charge on any atom is -0.444 e. The molecule has 7 heteroatoms. The number of hydrogen-bond acceptors (Lipinski definition) is 6. The number of thioether (sulfide) groups is 1. The first-order chi connectivity index (χ1) is 9.58. The van der Waals surface area contributed by atoms with Crippen molar-refractivity contribution in [1.29, 1.82) is 0 Å². The van der Waals surface area contributed by atoms with Gasteiger partial charge in [-0.15, -0.1) is 10.2 Å². The van der Waals surface area contributed by atoms with E-state index in [4.69, 9.17) is 9.15 Å². The van der Waals surface area contributed by atoms with Crippen molar-refractivity contribution in [2.24, 2.45) is 5.92 Å². The van der Waals surface area contributed by atoms with Crippen LogP contribution in [0.25, 0.3) is 0 Å². The molecule has 1 unspecified atom stereocenters. The molecule has 0 spiro atoms. The third kappa shape index (κ3) is 6.37.